The largest absolute Gasteiger partial charge is 0.485 e. The Hall–Kier alpha value is -2.22. The fraction of sp³-hybridized carbons (Fsp3) is 0.462. The van der Waals surface area contributed by atoms with Gasteiger partial charge in [0.15, 0.2) is 5.75 Å². The first-order valence-electron chi connectivity index (χ1n) is 6.47. The van der Waals surface area contributed by atoms with Crippen LogP contribution in [0.4, 0.5) is 10.1 Å². The Morgan fingerprint density at radius 3 is 2.52 bits per heavy atom. The predicted octanol–water partition coefficient (Wildman–Crippen LogP) is 2.15. The van der Waals surface area contributed by atoms with Crippen LogP contribution in [-0.2, 0) is 0 Å². The molecule has 7 nitrogen and oxygen atoms in total. The van der Waals surface area contributed by atoms with Crippen LogP contribution in [0, 0.1) is 15.9 Å². The summed E-state index contributed by atoms with van der Waals surface area (Å²) in [6.45, 7) is 6.20. The van der Waals surface area contributed by atoms with E-state index in [9.17, 15) is 19.3 Å². The number of hydrogen-bond donors (Lipinski definition) is 1. The highest BCUT2D eigenvalue weighted by Crippen LogP contribution is 2.30. The van der Waals surface area contributed by atoms with Gasteiger partial charge in [0.1, 0.15) is 12.4 Å². The van der Waals surface area contributed by atoms with Crippen LogP contribution >= 0.6 is 0 Å². The van der Waals surface area contributed by atoms with Crippen LogP contribution in [0.15, 0.2) is 12.1 Å². The second kappa shape index (κ2) is 7.53. The van der Waals surface area contributed by atoms with E-state index >= 15 is 0 Å². The van der Waals surface area contributed by atoms with Gasteiger partial charge in [-0.15, -0.1) is 0 Å². The Morgan fingerprint density at radius 1 is 1.43 bits per heavy atom. The fourth-order valence-electron chi connectivity index (χ4n) is 1.79. The average Bonchev–Trinajstić information content (AvgIpc) is 2.44. The average molecular weight is 300 g/mol. The van der Waals surface area contributed by atoms with Crippen molar-refractivity contribution >= 4 is 11.7 Å². The van der Waals surface area contributed by atoms with Crippen LogP contribution in [-0.4, -0.2) is 47.1 Å². The third-order valence-electron chi connectivity index (χ3n) is 3.04. The Bertz CT molecular complexity index is 532. The monoisotopic (exact) mass is 300 g/mol. The van der Waals surface area contributed by atoms with Gasteiger partial charge < -0.3 is 14.7 Å². The molecule has 0 radical (unpaired) electrons. The zero-order valence-corrected chi connectivity index (χ0v) is 11.8. The number of carbonyl (C=O) groups is 1. The number of carboxylic acids is 1. The second-order valence-corrected chi connectivity index (χ2v) is 4.24. The van der Waals surface area contributed by atoms with Gasteiger partial charge in [-0.3, -0.25) is 10.1 Å². The summed E-state index contributed by atoms with van der Waals surface area (Å²) in [5, 5.41) is 19.7. The van der Waals surface area contributed by atoms with Crippen LogP contribution in [0.25, 0.3) is 0 Å². The number of nitro benzene ring substituents is 1. The molecule has 0 aliphatic rings. The molecule has 1 rings (SSSR count). The summed E-state index contributed by atoms with van der Waals surface area (Å²) in [4.78, 5) is 23.0. The van der Waals surface area contributed by atoms with Gasteiger partial charge in [0.05, 0.1) is 16.6 Å². The molecule has 0 aliphatic carbocycles. The number of likely N-dealkylation sites (N-methyl/N-ethyl adjacent to an activating group) is 1. The standard InChI is InChI=1S/C13H17FN2O5/c1-3-15(4-2)5-6-21-12-7-9(13(17)18)10(14)8-11(12)16(19)20/h7-8H,3-6H2,1-2H3,(H,17,18). The van der Waals surface area contributed by atoms with Crippen LogP contribution in [0.5, 0.6) is 5.75 Å². The normalized spacial score (nSPS) is 10.7. The molecule has 21 heavy (non-hydrogen) atoms. The molecule has 0 fully saturated rings. The molecule has 8 heteroatoms. The van der Waals surface area contributed by atoms with Gasteiger partial charge in [0.2, 0.25) is 0 Å². The smallest absolute Gasteiger partial charge is 0.338 e. The molecule has 0 unspecified atom stereocenters. The van der Waals surface area contributed by atoms with Crippen molar-refractivity contribution in [1.29, 1.82) is 0 Å². The minimum atomic E-state index is -1.50. The number of halogens is 1. The third-order valence-corrected chi connectivity index (χ3v) is 3.04. The van der Waals surface area contributed by atoms with Gasteiger partial charge in [-0.2, -0.15) is 0 Å². The van der Waals surface area contributed by atoms with Crippen molar-refractivity contribution < 1.29 is 24.0 Å². The number of benzene rings is 1. The van der Waals surface area contributed by atoms with Crippen molar-refractivity contribution in [2.45, 2.75) is 13.8 Å². The van der Waals surface area contributed by atoms with Crippen molar-refractivity contribution in [3.63, 3.8) is 0 Å². The number of hydrogen-bond acceptors (Lipinski definition) is 5. The van der Waals surface area contributed by atoms with Crippen molar-refractivity contribution in [1.82, 2.24) is 4.90 Å². The molecule has 0 saturated heterocycles. The molecule has 1 aromatic carbocycles. The van der Waals surface area contributed by atoms with Crippen LogP contribution in [0.1, 0.15) is 24.2 Å². The van der Waals surface area contributed by atoms with E-state index in [1.54, 1.807) is 0 Å². The van der Waals surface area contributed by atoms with E-state index < -0.39 is 28.0 Å². The lowest BCUT2D eigenvalue weighted by Gasteiger charge is -2.18. The molecule has 0 spiro atoms. The van der Waals surface area contributed by atoms with E-state index in [0.29, 0.717) is 12.6 Å². The Balaban J connectivity index is 2.95. The highest BCUT2D eigenvalue weighted by molar-refractivity contribution is 5.89. The maximum Gasteiger partial charge on any atom is 0.338 e. The first-order valence-corrected chi connectivity index (χ1v) is 6.47. The molecule has 0 amide bonds. The van der Waals surface area contributed by atoms with E-state index in [4.69, 9.17) is 9.84 Å². The quantitative estimate of drug-likeness (QED) is 0.584. The van der Waals surface area contributed by atoms with Crippen molar-refractivity contribution in [3.05, 3.63) is 33.6 Å². The maximum atomic E-state index is 13.5. The number of carboxylic acid groups (broad SMARTS) is 1. The highest BCUT2D eigenvalue weighted by atomic mass is 19.1. The Kier molecular flexibility index (Phi) is 6.04. The molecule has 0 atom stereocenters. The number of rotatable bonds is 8. The summed E-state index contributed by atoms with van der Waals surface area (Å²) < 4.78 is 18.7. The molecule has 1 aromatic rings. The van der Waals surface area contributed by atoms with Gasteiger partial charge in [0, 0.05) is 12.6 Å². The lowest BCUT2D eigenvalue weighted by atomic mass is 10.2. The minimum absolute atomic E-state index is 0.146. The summed E-state index contributed by atoms with van der Waals surface area (Å²) in [5.41, 5.74) is -1.24. The van der Waals surface area contributed by atoms with Gasteiger partial charge in [-0.05, 0) is 13.1 Å². The Morgan fingerprint density at radius 2 is 2.05 bits per heavy atom. The lowest BCUT2D eigenvalue weighted by Crippen LogP contribution is -2.28. The second-order valence-electron chi connectivity index (χ2n) is 4.24. The summed E-state index contributed by atoms with van der Waals surface area (Å²) in [6.07, 6.45) is 0. The minimum Gasteiger partial charge on any atom is -0.485 e. The first-order chi connectivity index (χ1) is 9.90. The molecule has 0 bridgehead atoms. The topological polar surface area (TPSA) is 92.9 Å². The zero-order chi connectivity index (χ0) is 16.0. The molecule has 0 saturated carbocycles. The van der Waals surface area contributed by atoms with Crippen molar-refractivity contribution in [2.24, 2.45) is 0 Å². The van der Waals surface area contributed by atoms with Crippen LogP contribution in [0.3, 0.4) is 0 Å². The van der Waals surface area contributed by atoms with Gasteiger partial charge in [-0.25, -0.2) is 9.18 Å². The zero-order valence-electron chi connectivity index (χ0n) is 11.8. The van der Waals surface area contributed by atoms with Gasteiger partial charge >= 0.3 is 11.7 Å². The molecule has 0 aromatic heterocycles. The lowest BCUT2D eigenvalue weighted by molar-refractivity contribution is -0.386. The molecule has 116 valence electrons. The molecule has 1 N–H and O–H groups in total. The van der Waals surface area contributed by atoms with E-state index in [-0.39, 0.29) is 12.4 Å². The highest BCUT2D eigenvalue weighted by Gasteiger charge is 2.22. The molecular weight excluding hydrogens is 283 g/mol. The number of nitrogens with zero attached hydrogens (tertiary/aromatic N) is 2. The SMILES string of the molecule is CCN(CC)CCOc1cc(C(=O)O)c(F)cc1[N+](=O)[O-]. The Labute approximate surface area is 121 Å². The molecule has 0 heterocycles. The van der Waals surface area contributed by atoms with E-state index in [0.717, 1.165) is 19.2 Å². The molecule has 0 aliphatic heterocycles. The third kappa shape index (κ3) is 4.38. The first kappa shape index (κ1) is 16.8. The van der Waals surface area contributed by atoms with Gasteiger partial charge in [0.25, 0.3) is 0 Å². The van der Waals surface area contributed by atoms with Crippen molar-refractivity contribution in [2.75, 3.05) is 26.2 Å². The predicted molar refractivity (Wildman–Crippen MR) is 73.3 cm³/mol. The van der Waals surface area contributed by atoms with Crippen LogP contribution < -0.4 is 4.74 Å². The summed E-state index contributed by atoms with van der Waals surface area (Å²) in [7, 11) is 0. The van der Waals surface area contributed by atoms with E-state index in [2.05, 4.69) is 0 Å². The summed E-state index contributed by atoms with van der Waals surface area (Å²) in [6, 6.07) is 1.41. The van der Waals surface area contributed by atoms with E-state index in [1.807, 2.05) is 18.7 Å². The number of nitro groups is 1. The number of ether oxygens (including phenoxy) is 1. The summed E-state index contributed by atoms with van der Waals surface area (Å²) >= 11 is 0. The van der Waals surface area contributed by atoms with Crippen LogP contribution in [0.2, 0.25) is 0 Å². The summed E-state index contributed by atoms with van der Waals surface area (Å²) in [5.74, 6) is -2.91. The fourth-order valence-corrected chi connectivity index (χ4v) is 1.79. The number of aromatic carboxylic acids is 1. The maximum absolute atomic E-state index is 13.5. The van der Waals surface area contributed by atoms with Gasteiger partial charge in [-0.1, -0.05) is 13.8 Å². The van der Waals surface area contributed by atoms with E-state index in [1.165, 1.54) is 0 Å². The van der Waals surface area contributed by atoms with Crippen molar-refractivity contribution in [3.8, 4) is 5.75 Å². The molecular formula is C13H17FN2O5.